The standard InChI is InChI=1S/C28H38N2O3/c1-28(2,3)22-8-11-24(12-9-22)33-25-13-14-26(30-18-25)20-6-4-5-19(15-20)17-29-23-10-7-21(16-23)27(31)32/h4-6,13-15,18,21-24,29H,7-12,16-17H2,1-3H3,(H,31,32)/t21?,22-,23?,24-. The van der Waals surface area contributed by atoms with Crippen molar-refractivity contribution in [2.24, 2.45) is 17.3 Å². The van der Waals surface area contributed by atoms with Crippen LogP contribution in [-0.4, -0.2) is 28.2 Å². The van der Waals surface area contributed by atoms with Crippen LogP contribution in [0.5, 0.6) is 5.75 Å². The van der Waals surface area contributed by atoms with Crippen LogP contribution >= 0.6 is 0 Å². The van der Waals surface area contributed by atoms with Crippen molar-refractivity contribution >= 4 is 5.97 Å². The molecular formula is C28H38N2O3. The van der Waals surface area contributed by atoms with E-state index in [2.05, 4.69) is 55.3 Å². The first-order valence-electron chi connectivity index (χ1n) is 12.5. The summed E-state index contributed by atoms with van der Waals surface area (Å²) in [5.41, 5.74) is 3.59. The van der Waals surface area contributed by atoms with E-state index in [9.17, 15) is 9.90 Å². The molecule has 0 spiro atoms. The SMILES string of the molecule is CC(C)(C)[C@H]1CC[C@H](Oc2ccc(-c3cccc(CNC4CCC(C(=O)O)C4)c3)nc2)CC1. The van der Waals surface area contributed by atoms with Crippen molar-refractivity contribution in [2.75, 3.05) is 0 Å². The molecule has 0 bridgehead atoms. The van der Waals surface area contributed by atoms with Gasteiger partial charge in [-0.25, -0.2) is 0 Å². The van der Waals surface area contributed by atoms with Crippen LogP contribution in [0, 0.1) is 17.3 Å². The van der Waals surface area contributed by atoms with E-state index in [1.165, 1.54) is 18.4 Å². The van der Waals surface area contributed by atoms with E-state index in [4.69, 9.17) is 4.74 Å². The Labute approximate surface area is 198 Å². The Hall–Kier alpha value is -2.40. The monoisotopic (exact) mass is 450 g/mol. The Balaban J connectivity index is 1.30. The third-order valence-electron chi connectivity index (χ3n) is 7.54. The lowest BCUT2D eigenvalue weighted by atomic mass is 9.72. The first-order chi connectivity index (χ1) is 15.8. The fraction of sp³-hybridized carbons (Fsp3) is 0.571. The number of nitrogens with one attached hydrogen (secondary N) is 1. The van der Waals surface area contributed by atoms with Crippen molar-refractivity contribution in [2.45, 2.75) is 84.4 Å². The summed E-state index contributed by atoms with van der Waals surface area (Å²) in [6, 6.07) is 12.8. The zero-order chi connectivity index (χ0) is 23.4. The van der Waals surface area contributed by atoms with Gasteiger partial charge in [0.05, 0.1) is 23.9 Å². The summed E-state index contributed by atoms with van der Waals surface area (Å²) in [5, 5.41) is 12.7. The highest BCUT2D eigenvalue weighted by Gasteiger charge is 2.31. The number of hydrogen-bond donors (Lipinski definition) is 2. The lowest BCUT2D eigenvalue weighted by Crippen LogP contribution is -2.30. The van der Waals surface area contributed by atoms with Gasteiger partial charge in [-0.05, 0) is 80.0 Å². The number of carbonyl (C=O) groups is 1. The number of benzene rings is 1. The Bertz CT molecular complexity index is 927. The lowest BCUT2D eigenvalue weighted by Gasteiger charge is -2.36. The van der Waals surface area contributed by atoms with E-state index in [-0.39, 0.29) is 12.0 Å². The van der Waals surface area contributed by atoms with E-state index in [1.54, 1.807) is 0 Å². The summed E-state index contributed by atoms with van der Waals surface area (Å²) in [6.45, 7) is 7.77. The predicted molar refractivity (Wildman–Crippen MR) is 131 cm³/mol. The van der Waals surface area contributed by atoms with Crippen molar-refractivity contribution in [1.29, 1.82) is 0 Å². The first-order valence-corrected chi connectivity index (χ1v) is 12.5. The molecule has 33 heavy (non-hydrogen) atoms. The number of pyridine rings is 1. The Kier molecular flexibility index (Phi) is 7.38. The highest BCUT2D eigenvalue weighted by molar-refractivity contribution is 5.70. The average molecular weight is 451 g/mol. The molecule has 0 saturated heterocycles. The van der Waals surface area contributed by atoms with Crippen molar-refractivity contribution in [1.82, 2.24) is 10.3 Å². The van der Waals surface area contributed by atoms with Gasteiger partial charge in [0.15, 0.2) is 0 Å². The van der Waals surface area contributed by atoms with Crippen LogP contribution < -0.4 is 10.1 Å². The molecule has 178 valence electrons. The van der Waals surface area contributed by atoms with Gasteiger partial charge in [-0.15, -0.1) is 0 Å². The minimum Gasteiger partial charge on any atom is -0.489 e. The lowest BCUT2D eigenvalue weighted by molar-refractivity contribution is -0.141. The largest absolute Gasteiger partial charge is 0.489 e. The molecule has 1 aromatic carbocycles. The van der Waals surface area contributed by atoms with Crippen LogP contribution in [0.2, 0.25) is 0 Å². The Morgan fingerprint density at radius 3 is 2.52 bits per heavy atom. The van der Waals surface area contributed by atoms with Crippen LogP contribution in [0.1, 0.15) is 71.3 Å². The number of aromatic nitrogens is 1. The maximum absolute atomic E-state index is 11.2. The molecule has 2 N–H and O–H groups in total. The Morgan fingerprint density at radius 1 is 1.09 bits per heavy atom. The fourth-order valence-electron chi connectivity index (χ4n) is 5.35. The summed E-state index contributed by atoms with van der Waals surface area (Å²) in [4.78, 5) is 15.8. The molecule has 2 aliphatic carbocycles. The van der Waals surface area contributed by atoms with Gasteiger partial charge < -0.3 is 15.2 Å². The van der Waals surface area contributed by atoms with Gasteiger partial charge in [0.25, 0.3) is 0 Å². The fourth-order valence-corrected chi connectivity index (χ4v) is 5.35. The molecule has 1 aromatic heterocycles. The molecular weight excluding hydrogens is 412 g/mol. The van der Waals surface area contributed by atoms with Crippen molar-refractivity contribution < 1.29 is 14.6 Å². The van der Waals surface area contributed by atoms with Crippen LogP contribution in [0.3, 0.4) is 0 Å². The van der Waals surface area contributed by atoms with Crippen LogP contribution in [0.15, 0.2) is 42.6 Å². The topological polar surface area (TPSA) is 71.5 Å². The summed E-state index contributed by atoms with van der Waals surface area (Å²) in [7, 11) is 0. The maximum Gasteiger partial charge on any atom is 0.306 e. The number of aliphatic carboxylic acids is 1. The summed E-state index contributed by atoms with van der Waals surface area (Å²) < 4.78 is 6.24. The number of carboxylic acid groups (broad SMARTS) is 1. The van der Waals surface area contributed by atoms with Crippen molar-refractivity contribution in [3.05, 3.63) is 48.2 Å². The molecule has 2 atom stereocenters. The highest BCUT2D eigenvalue weighted by atomic mass is 16.5. The molecule has 5 heteroatoms. The zero-order valence-corrected chi connectivity index (χ0v) is 20.2. The van der Waals surface area contributed by atoms with E-state index in [0.29, 0.717) is 11.5 Å². The second-order valence-electron chi connectivity index (χ2n) is 11.0. The summed E-state index contributed by atoms with van der Waals surface area (Å²) >= 11 is 0. The van der Waals surface area contributed by atoms with Gasteiger partial charge in [-0.3, -0.25) is 9.78 Å². The smallest absolute Gasteiger partial charge is 0.306 e. The minimum absolute atomic E-state index is 0.202. The van der Waals surface area contributed by atoms with Crippen LogP contribution in [0.25, 0.3) is 11.3 Å². The number of nitrogens with zero attached hydrogens (tertiary/aromatic N) is 1. The summed E-state index contributed by atoms with van der Waals surface area (Å²) in [6.07, 6.45) is 9.26. The normalized spacial score (nSPS) is 25.7. The van der Waals surface area contributed by atoms with Gasteiger partial charge >= 0.3 is 5.97 Å². The molecule has 2 saturated carbocycles. The van der Waals surface area contributed by atoms with Gasteiger partial charge in [0.2, 0.25) is 0 Å². The molecule has 2 aliphatic rings. The molecule has 2 aromatic rings. The van der Waals surface area contributed by atoms with Crippen molar-refractivity contribution in [3.8, 4) is 17.0 Å². The quantitative estimate of drug-likeness (QED) is 0.535. The molecule has 2 fully saturated rings. The van der Waals surface area contributed by atoms with Crippen LogP contribution in [-0.2, 0) is 11.3 Å². The maximum atomic E-state index is 11.2. The van der Waals surface area contributed by atoms with Gasteiger partial charge in [-0.2, -0.15) is 0 Å². The van der Waals surface area contributed by atoms with E-state index in [1.807, 2.05) is 18.3 Å². The Morgan fingerprint density at radius 2 is 1.88 bits per heavy atom. The third-order valence-corrected chi connectivity index (χ3v) is 7.54. The second kappa shape index (κ2) is 10.3. The average Bonchev–Trinajstić information content (AvgIpc) is 3.28. The van der Waals surface area contributed by atoms with E-state index >= 15 is 0 Å². The van der Waals surface area contributed by atoms with Gasteiger partial charge in [-0.1, -0.05) is 39.0 Å². The van der Waals surface area contributed by atoms with Crippen molar-refractivity contribution in [3.63, 3.8) is 0 Å². The molecule has 4 rings (SSSR count). The molecule has 0 aliphatic heterocycles. The molecule has 1 heterocycles. The summed E-state index contributed by atoms with van der Waals surface area (Å²) in [5.74, 6) is 0.765. The van der Waals surface area contributed by atoms with Crippen LogP contribution in [0.4, 0.5) is 0 Å². The molecule has 0 amide bonds. The first kappa shape index (κ1) is 23.7. The number of ether oxygens (including phenoxy) is 1. The molecule has 2 unspecified atom stereocenters. The third kappa shape index (κ3) is 6.35. The predicted octanol–water partition coefficient (Wildman–Crippen LogP) is 6.08. The van der Waals surface area contributed by atoms with E-state index < -0.39 is 5.97 Å². The molecule has 0 radical (unpaired) electrons. The number of hydrogen-bond acceptors (Lipinski definition) is 4. The molecule has 5 nitrogen and oxygen atoms in total. The van der Waals surface area contributed by atoms with E-state index in [0.717, 1.165) is 61.6 Å². The van der Waals surface area contributed by atoms with Gasteiger partial charge in [0.1, 0.15) is 5.75 Å². The minimum atomic E-state index is -0.669. The highest BCUT2D eigenvalue weighted by Crippen LogP contribution is 2.38. The number of carboxylic acids is 1. The van der Waals surface area contributed by atoms with Gasteiger partial charge in [0, 0.05) is 18.2 Å². The zero-order valence-electron chi connectivity index (χ0n) is 20.2. The second-order valence-corrected chi connectivity index (χ2v) is 11.0. The number of rotatable bonds is 7.